The van der Waals surface area contributed by atoms with Crippen molar-refractivity contribution in [3.8, 4) is 0 Å². The van der Waals surface area contributed by atoms with Gasteiger partial charge in [0, 0.05) is 22.9 Å². The predicted octanol–water partition coefficient (Wildman–Crippen LogP) is 1.86. The minimum Gasteiger partial charge on any atom is -0.351 e. The second-order valence-electron chi connectivity index (χ2n) is 2.69. The number of nitrogens with zero attached hydrogens (tertiary/aromatic N) is 1. The molecule has 0 aliphatic carbocycles. The fourth-order valence-electron chi connectivity index (χ4n) is 1.18. The zero-order valence-electron chi connectivity index (χ0n) is 7.80. The van der Waals surface area contributed by atoms with Crippen LogP contribution < -0.4 is 5.32 Å². The van der Waals surface area contributed by atoms with Gasteiger partial charge in [-0.2, -0.15) is 0 Å². The summed E-state index contributed by atoms with van der Waals surface area (Å²) in [6, 6.07) is 1.90. The smallest absolute Gasteiger partial charge is 0.267 e. The van der Waals surface area contributed by atoms with Crippen molar-refractivity contribution in [1.82, 2.24) is 9.88 Å². The Labute approximate surface area is 91.6 Å². The number of hydrogen-bond acceptors (Lipinski definition) is 1. The SMILES string of the molecule is CCNC(=O)c1cc(I)cn1CC. The maximum Gasteiger partial charge on any atom is 0.267 e. The van der Waals surface area contributed by atoms with Crippen LogP contribution in [0, 0.1) is 3.57 Å². The van der Waals surface area contributed by atoms with E-state index in [0.717, 1.165) is 15.8 Å². The number of halogens is 1. The number of carbonyl (C=O) groups is 1. The molecule has 72 valence electrons. The fraction of sp³-hybridized carbons (Fsp3) is 0.444. The van der Waals surface area contributed by atoms with Crippen molar-refractivity contribution in [2.24, 2.45) is 0 Å². The van der Waals surface area contributed by atoms with E-state index >= 15 is 0 Å². The van der Waals surface area contributed by atoms with E-state index in [1.807, 2.05) is 30.7 Å². The standard InChI is InChI=1S/C9H13IN2O/c1-3-11-9(13)8-5-7(10)6-12(8)4-2/h5-6H,3-4H2,1-2H3,(H,11,13). The third kappa shape index (κ3) is 2.46. The van der Waals surface area contributed by atoms with Crippen molar-refractivity contribution in [3.63, 3.8) is 0 Å². The van der Waals surface area contributed by atoms with Gasteiger partial charge < -0.3 is 9.88 Å². The largest absolute Gasteiger partial charge is 0.351 e. The molecule has 1 heterocycles. The van der Waals surface area contributed by atoms with Gasteiger partial charge in [0.15, 0.2) is 0 Å². The average molecular weight is 292 g/mol. The zero-order valence-corrected chi connectivity index (χ0v) is 9.96. The summed E-state index contributed by atoms with van der Waals surface area (Å²) >= 11 is 2.21. The van der Waals surface area contributed by atoms with Gasteiger partial charge in [0.2, 0.25) is 0 Å². The van der Waals surface area contributed by atoms with E-state index in [1.165, 1.54) is 0 Å². The van der Waals surface area contributed by atoms with Crippen molar-refractivity contribution in [2.45, 2.75) is 20.4 Å². The number of aromatic nitrogens is 1. The fourth-order valence-corrected chi connectivity index (χ4v) is 1.81. The van der Waals surface area contributed by atoms with Crippen LogP contribution >= 0.6 is 22.6 Å². The van der Waals surface area contributed by atoms with Gasteiger partial charge in [0.05, 0.1) is 0 Å². The molecular formula is C9H13IN2O. The molecule has 0 bridgehead atoms. The van der Waals surface area contributed by atoms with E-state index in [0.29, 0.717) is 6.54 Å². The first-order valence-electron chi connectivity index (χ1n) is 4.32. The summed E-state index contributed by atoms with van der Waals surface area (Å²) in [6.07, 6.45) is 1.98. The molecule has 13 heavy (non-hydrogen) atoms. The molecule has 0 radical (unpaired) electrons. The Bertz CT molecular complexity index is 307. The number of amides is 1. The number of carbonyl (C=O) groups excluding carboxylic acids is 1. The Hall–Kier alpha value is -0.520. The van der Waals surface area contributed by atoms with Crippen LogP contribution in [0.15, 0.2) is 12.3 Å². The topological polar surface area (TPSA) is 34.0 Å². The Balaban J connectivity index is 2.91. The van der Waals surface area contributed by atoms with Crippen LogP contribution in [0.4, 0.5) is 0 Å². The first-order chi connectivity index (χ1) is 6.19. The number of nitrogens with one attached hydrogen (secondary N) is 1. The third-order valence-corrected chi connectivity index (χ3v) is 2.36. The maximum absolute atomic E-state index is 11.5. The summed E-state index contributed by atoms with van der Waals surface area (Å²) in [4.78, 5) is 11.5. The Morgan fingerprint density at radius 2 is 2.31 bits per heavy atom. The second-order valence-corrected chi connectivity index (χ2v) is 3.93. The van der Waals surface area contributed by atoms with Crippen LogP contribution in [0.3, 0.4) is 0 Å². The van der Waals surface area contributed by atoms with Crippen molar-refractivity contribution in [2.75, 3.05) is 6.54 Å². The number of aryl methyl sites for hydroxylation is 1. The molecule has 0 aromatic carbocycles. The van der Waals surface area contributed by atoms with E-state index in [2.05, 4.69) is 27.9 Å². The molecule has 1 N–H and O–H groups in total. The van der Waals surface area contributed by atoms with Crippen LogP contribution in [0.2, 0.25) is 0 Å². The highest BCUT2D eigenvalue weighted by atomic mass is 127. The molecule has 0 aliphatic heterocycles. The van der Waals surface area contributed by atoms with Crippen molar-refractivity contribution >= 4 is 28.5 Å². The van der Waals surface area contributed by atoms with Gasteiger partial charge in [0.25, 0.3) is 5.91 Å². The number of hydrogen-bond donors (Lipinski definition) is 1. The van der Waals surface area contributed by atoms with Gasteiger partial charge in [-0.1, -0.05) is 0 Å². The van der Waals surface area contributed by atoms with Crippen LogP contribution in [-0.4, -0.2) is 17.0 Å². The van der Waals surface area contributed by atoms with Gasteiger partial charge in [-0.05, 0) is 42.5 Å². The Morgan fingerprint density at radius 3 is 2.85 bits per heavy atom. The van der Waals surface area contributed by atoms with E-state index < -0.39 is 0 Å². The first-order valence-corrected chi connectivity index (χ1v) is 5.40. The van der Waals surface area contributed by atoms with Crippen LogP contribution in [0.5, 0.6) is 0 Å². The van der Waals surface area contributed by atoms with E-state index in [-0.39, 0.29) is 5.91 Å². The molecule has 4 heteroatoms. The predicted molar refractivity (Wildman–Crippen MR) is 60.8 cm³/mol. The van der Waals surface area contributed by atoms with Gasteiger partial charge in [-0.3, -0.25) is 4.79 Å². The molecule has 0 atom stereocenters. The second kappa shape index (κ2) is 4.64. The Morgan fingerprint density at radius 1 is 1.62 bits per heavy atom. The number of rotatable bonds is 3. The minimum atomic E-state index is 0.00673. The summed E-state index contributed by atoms with van der Waals surface area (Å²) in [5.74, 6) is 0.00673. The molecule has 1 rings (SSSR count). The quantitative estimate of drug-likeness (QED) is 0.848. The van der Waals surface area contributed by atoms with Gasteiger partial charge in [-0.15, -0.1) is 0 Å². The summed E-state index contributed by atoms with van der Waals surface area (Å²) < 4.78 is 3.05. The van der Waals surface area contributed by atoms with Crippen LogP contribution in [-0.2, 0) is 6.54 Å². The first kappa shape index (κ1) is 10.6. The monoisotopic (exact) mass is 292 g/mol. The highest BCUT2D eigenvalue weighted by molar-refractivity contribution is 14.1. The molecule has 0 aliphatic rings. The van der Waals surface area contributed by atoms with Crippen molar-refractivity contribution in [1.29, 1.82) is 0 Å². The molecular weight excluding hydrogens is 279 g/mol. The van der Waals surface area contributed by atoms with Crippen molar-refractivity contribution < 1.29 is 4.79 Å². The lowest BCUT2D eigenvalue weighted by molar-refractivity contribution is 0.0946. The van der Waals surface area contributed by atoms with Gasteiger partial charge >= 0.3 is 0 Å². The summed E-state index contributed by atoms with van der Waals surface area (Å²) in [7, 11) is 0. The van der Waals surface area contributed by atoms with E-state index in [1.54, 1.807) is 0 Å². The lowest BCUT2D eigenvalue weighted by Crippen LogP contribution is -2.25. The summed E-state index contributed by atoms with van der Waals surface area (Å²) in [5.41, 5.74) is 0.744. The molecule has 0 saturated heterocycles. The normalized spacial score (nSPS) is 10.1. The lowest BCUT2D eigenvalue weighted by Gasteiger charge is -2.04. The highest BCUT2D eigenvalue weighted by Gasteiger charge is 2.10. The lowest BCUT2D eigenvalue weighted by atomic mass is 10.4. The van der Waals surface area contributed by atoms with Crippen LogP contribution in [0.1, 0.15) is 24.3 Å². The molecule has 1 aromatic heterocycles. The van der Waals surface area contributed by atoms with Gasteiger partial charge in [-0.25, -0.2) is 0 Å². The minimum absolute atomic E-state index is 0.00673. The third-order valence-electron chi connectivity index (χ3n) is 1.77. The van der Waals surface area contributed by atoms with Gasteiger partial charge in [0.1, 0.15) is 5.69 Å². The maximum atomic E-state index is 11.5. The molecule has 3 nitrogen and oxygen atoms in total. The molecule has 0 spiro atoms. The summed E-state index contributed by atoms with van der Waals surface area (Å²) in [6.45, 7) is 5.45. The molecule has 1 amide bonds. The highest BCUT2D eigenvalue weighted by Crippen LogP contribution is 2.10. The molecule has 0 fully saturated rings. The summed E-state index contributed by atoms with van der Waals surface area (Å²) in [5, 5.41) is 2.79. The zero-order chi connectivity index (χ0) is 9.84. The molecule has 1 aromatic rings. The molecule has 0 unspecified atom stereocenters. The molecule has 0 saturated carbocycles. The van der Waals surface area contributed by atoms with E-state index in [4.69, 9.17) is 0 Å². The average Bonchev–Trinajstić information content (AvgIpc) is 2.47. The van der Waals surface area contributed by atoms with Crippen molar-refractivity contribution in [3.05, 3.63) is 21.5 Å². The van der Waals surface area contributed by atoms with Crippen LogP contribution in [0.25, 0.3) is 0 Å². The van der Waals surface area contributed by atoms with E-state index in [9.17, 15) is 4.79 Å². The Kier molecular flexibility index (Phi) is 3.77.